The first kappa shape index (κ1) is 19.6. The van der Waals surface area contributed by atoms with Crippen molar-refractivity contribution in [3.05, 3.63) is 48.5 Å². The molecule has 28 heavy (non-hydrogen) atoms. The van der Waals surface area contributed by atoms with E-state index in [2.05, 4.69) is 4.98 Å². The number of amides is 2. The van der Waals surface area contributed by atoms with Crippen LogP contribution in [-0.4, -0.2) is 67.9 Å². The van der Waals surface area contributed by atoms with Gasteiger partial charge in [-0.05, 0) is 43.5 Å². The summed E-state index contributed by atoms with van der Waals surface area (Å²) in [7, 11) is 0. The number of imidazole rings is 1. The molecule has 1 aliphatic heterocycles. The first-order valence-corrected chi connectivity index (χ1v) is 9.32. The fraction of sp³-hybridized carbons (Fsp3) is 0.400. The van der Waals surface area contributed by atoms with E-state index < -0.39 is 5.97 Å². The third-order valence-corrected chi connectivity index (χ3v) is 5.05. The molecule has 0 saturated carbocycles. The van der Waals surface area contributed by atoms with Gasteiger partial charge in [0.05, 0.1) is 6.33 Å². The van der Waals surface area contributed by atoms with Crippen molar-refractivity contribution in [2.75, 3.05) is 19.6 Å². The molecule has 1 aromatic carbocycles. The monoisotopic (exact) mass is 384 g/mol. The molecule has 1 aliphatic rings. The van der Waals surface area contributed by atoms with E-state index in [4.69, 9.17) is 5.11 Å². The number of carboxylic acid groups (broad SMARTS) is 1. The number of carbonyl (C=O) groups is 3. The Morgan fingerprint density at radius 1 is 1.18 bits per heavy atom. The third kappa shape index (κ3) is 4.57. The highest BCUT2D eigenvalue weighted by Gasteiger charge is 2.27. The maximum Gasteiger partial charge on any atom is 0.323 e. The minimum atomic E-state index is -1.02. The Labute approximate surface area is 163 Å². The molecule has 2 amide bonds. The van der Waals surface area contributed by atoms with Crippen LogP contribution in [0.4, 0.5) is 0 Å². The number of likely N-dealkylation sites (tertiary alicyclic amines) is 1. The number of aliphatic carboxylic acids is 1. The fourth-order valence-corrected chi connectivity index (χ4v) is 3.61. The summed E-state index contributed by atoms with van der Waals surface area (Å²) >= 11 is 0. The zero-order chi connectivity index (χ0) is 20.1. The largest absolute Gasteiger partial charge is 0.480 e. The van der Waals surface area contributed by atoms with Gasteiger partial charge in [-0.2, -0.15) is 0 Å². The Balaban J connectivity index is 1.65. The van der Waals surface area contributed by atoms with Gasteiger partial charge >= 0.3 is 5.97 Å². The lowest BCUT2D eigenvalue weighted by Gasteiger charge is -2.28. The van der Waals surface area contributed by atoms with Crippen molar-refractivity contribution in [2.45, 2.75) is 32.2 Å². The molecule has 8 nitrogen and oxygen atoms in total. The van der Waals surface area contributed by atoms with Gasteiger partial charge < -0.3 is 19.5 Å². The number of hydrogen-bond acceptors (Lipinski definition) is 4. The SMILES string of the molecule is CC(=O)N(CC(=O)O)C1CCCN(C(=O)c2ccc(-n3ccnc3)cc2)CC1. The Morgan fingerprint density at radius 3 is 2.54 bits per heavy atom. The van der Waals surface area contributed by atoms with Crippen LogP contribution in [0, 0.1) is 0 Å². The summed E-state index contributed by atoms with van der Waals surface area (Å²) in [5, 5.41) is 9.05. The molecule has 1 unspecified atom stereocenters. The zero-order valence-corrected chi connectivity index (χ0v) is 15.8. The van der Waals surface area contributed by atoms with Crippen molar-refractivity contribution in [1.82, 2.24) is 19.4 Å². The van der Waals surface area contributed by atoms with Gasteiger partial charge in [-0.1, -0.05) is 0 Å². The molecular formula is C20H24N4O4. The molecule has 0 aliphatic carbocycles. The topological polar surface area (TPSA) is 95.7 Å². The van der Waals surface area contributed by atoms with E-state index in [-0.39, 0.29) is 24.4 Å². The third-order valence-electron chi connectivity index (χ3n) is 5.05. The van der Waals surface area contributed by atoms with Gasteiger partial charge in [-0.15, -0.1) is 0 Å². The molecule has 2 aromatic rings. The summed E-state index contributed by atoms with van der Waals surface area (Å²) in [6.07, 6.45) is 7.23. The number of aromatic nitrogens is 2. The molecule has 0 spiro atoms. The van der Waals surface area contributed by atoms with E-state index >= 15 is 0 Å². The summed E-state index contributed by atoms with van der Waals surface area (Å²) in [5.74, 6) is -1.32. The van der Waals surface area contributed by atoms with Crippen LogP contribution >= 0.6 is 0 Å². The van der Waals surface area contributed by atoms with Gasteiger partial charge in [0.1, 0.15) is 6.54 Å². The highest BCUT2D eigenvalue weighted by atomic mass is 16.4. The lowest BCUT2D eigenvalue weighted by Crippen LogP contribution is -2.43. The van der Waals surface area contributed by atoms with E-state index in [1.807, 2.05) is 22.9 Å². The first-order valence-electron chi connectivity index (χ1n) is 9.32. The van der Waals surface area contributed by atoms with E-state index in [0.717, 1.165) is 12.1 Å². The quantitative estimate of drug-likeness (QED) is 0.848. The van der Waals surface area contributed by atoms with E-state index in [1.165, 1.54) is 11.8 Å². The minimum absolute atomic E-state index is 0.0505. The standard InChI is InChI=1S/C20H24N4O4/c1-15(25)24(13-19(26)27)18-3-2-10-22(11-8-18)20(28)16-4-6-17(7-5-16)23-12-9-21-14-23/h4-7,9,12,14,18H,2-3,8,10-11,13H2,1H3,(H,26,27). The van der Waals surface area contributed by atoms with Gasteiger partial charge in [0, 0.05) is 49.7 Å². The summed E-state index contributed by atoms with van der Waals surface area (Å²) in [6, 6.07) is 7.19. The lowest BCUT2D eigenvalue weighted by atomic mass is 10.1. The normalized spacial score (nSPS) is 17.0. The average molecular weight is 384 g/mol. The molecule has 2 heterocycles. The van der Waals surface area contributed by atoms with Crippen LogP contribution < -0.4 is 0 Å². The minimum Gasteiger partial charge on any atom is -0.480 e. The smallest absolute Gasteiger partial charge is 0.323 e. The van der Waals surface area contributed by atoms with Gasteiger partial charge in [0.15, 0.2) is 0 Å². The van der Waals surface area contributed by atoms with Crippen molar-refractivity contribution >= 4 is 17.8 Å². The first-order chi connectivity index (χ1) is 13.5. The van der Waals surface area contributed by atoms with E-state index in [9.17, 15) is 14.4 Å². The predicted octanol–water partition coefficient (Wildman–Crippen LogP) is 1.80. The molecule has 0 radical (unpaired) electrons. The molecule has 1 aromatic heterocycles. The van der Waals surface area contributed by atoms with Crippen molar-refractivity contribution in [3.8, 4) is 5.69 Å². The Hall–Kier alpha value is -3.16. The van der Waals surface area contributed by atoms with Crippen LogP contribution in [0.25, 0.3) is 5.69 Å². The van der Waals surface area contributed by atoms with Crippen molar-refractivity contribution in [1.29, 1.82) is 0 Å². The lowest BCUT2D eigenvalue weighted by molar-refractivity contribution is -0.145. The summed E-state index contributed by atoms with van der Waals surface area (Å²) < 4.78 is 1.86. The molecule has 1 fully saturated rings. The molecule has 3 rings (SSSR count). The molecule has 0 bridgehead atoms. The Morgan fingerprint density at radius 2 is 1.93 bits per heavy atom. The number of carbonyl (C=O) groups excluding carboxylic acids is 2. The molecule has 148 valence electrons. The van der Waals surface area contributed by atoms with Gasteiger partial charge in [-0.25, -0.2) is 4.98 Å². The second kappa shape index (κ2) is 8.69. The van der Waals surface area contributed by atoms with Gasteiger partial charge in [0.2, 0.25) is 5.91 Å². The number of hydrogen-bond donors (Lipinski definition) is 1. The van der Waals surface area contributed by atoms with Crippen LogP contribution in [0.15, 0.2) is 43.0 Å². The molecule has 1 N–H and O–H groups in total. The highest BCUT2D eigenvalue weighted by molar-refractivity contribution is 5.94. The van der Waals surface area contributed by atoms with Crippen molar-refractivity contribution < 1.29 is 19.5 Å². The van der Waals surface area contributed by atoms with Crippen LogP contribution in [0.3, 0.4) is 0 Å². The number of carboxylic acids is 1. The number of benzene rings is 1. The number of rotatable bonds is 5. The van der Waals surface area contributed by atoms with Gasteiger partial charge in [-0.3, -0.25) is 14.4 Å². The maximum absolute atomic E-state index is 12.9. The summed E-state index contributed by atoms with van der Waals surface area (Å²) in [4.78, 5) is 42.9. The van der Waals surface area contributed by atoms with Crippen molar-refractivity contribution in [2.24, 2.45) is 0 Å². The predicted molar refractivity (Wildman–Crippen MR) is 102 cm³/mol. The molecule has 1 atom stereocenters. The highest BCUT2D eigenvalue weighted by Crippen LogP contribution is 2.19. The summed E-state index contributed by atoms with van der Waals surface area (Å²) in [6.45, 7) is 2.18. The van der Waals surface area contributed by atoms with Gasteiger partial charge in [0.25, 0.3) is 5.91 Å². The van der Waals surface area contributed by atoms with Crippen molar-refractivity contribution in [3.63, 3.8) is 0 Å². The van der Waals surface area contributed by atoms with Crippen LogP contribution in [0.1, 0.15) is 36.5 Å². The maximum atomic E-state index is 12.9. The second-order valence-electron chi connectivity index (χ2n) is 6.93. The van der Waals surface area contributed by atoms with E-state index in [0.29, 0.717) is 31.5 Å². The molecular weight excluding hydrogens is 360 g/mol. The molecule has 8 heteroatoms. The van der Waals surface area contributed by atoms with Crippen LogP contribution in [-0.2, 0) is 9.59 Å². The van der Waals surface area contributed by atoms with Crippen LogP contribution in [0.2, 0.25) is 0 Å². The van der Waals surface area contributed by atoms with E-state index in [1.54, 1.807) is 29.6 Å². The Kier molecular flexibility index (Phi) is 6.08. The second-order valence-corrected chi connectivity index (χ2v) is 6.93. The van der Waals surface area contributed by atoms with Crippen LogP contribution in [0.5, 0.6) is 0 Å². The Bertz CT molecular complexity index is 832. The fourth-order valence-electron chi connectivity index (χ4n) is 3.61. The zero-order valence-electron chi connectivity index (χ0n) is 15.8. The average Bonchev–Trinajstić information content (AvgIpc) is 3.10. The molecule has 1 saturated heterocycles. The summed E-state index contributed by atoms with van der Waals surface area (Å²) in [5.41, 5.74) is 1.53. The number of nitrogens with zero attached hydrogens (tertiary/aromatic N) is 4.